The molecular formula is C13H15N5OS. The minimum atomic E-state index is -0.0967. The van der Waals surface area contributed by atoms with Gasteiger partial charge in [-0.05, 0) is 18.9 Å². The molecular weight excluding hydrogens is 274 g/mol. The molecule has 2 aromatic rings. The minimum absolute atomic E-state index is 0.0967. The van der Waals surface area contributed by atoms with E-state index in [0.717, 1.165) is 31.0 Å². The fourth-order valence-electron chi connectivity index (χ4n) is 2.40. The summed E-state index contributed by atoms with van der Waals surface area (Å²) < 4.78 is 0. The maximum atomic E-state index is 11.1. The molecule has 7 heteroatoms. The highest BCUT2D eigenvalue weighted by Gasteiger charge is 2.29. The Morgan fingerprint density at radius 3 is 3.00 bits per heavy atom. The van der Waals surface area contributed by atoms with E-state index >= 15 is 0 Å². The van der Waals surface area contributed by atoms with Crippen LogP contribution in [0.3, 0.4) is 0 Å². The molecule has 6 nitrogen and oxygen atoms in total. The van der Waals surface area contributed by atoms with Gasteiger partial charge in [-0.3, -0.25) is 4.79 Å². The van der Waals surface area contributed by atoms with Gasteiger partial charge in [-0.2, -0.15) is 0 Å². The van der Waals surface area contributed by atoms with Crippen molar-refractivity contribution in [2.24, 2.45) is 0 Å². The van der Waals surface area contributed by atoms with Crippen LogP contribution in [-0.2, 0) is 4.79 Å². The molecule has 0 aromatic carbocycles. The topological polar surface area (TPSA) is 71.0 Å². The number of aromatic nitrogens is 3. The average molecular weight is 289 g/mol. The third kappa shape index (κ3) is 2.62. The SMILES string of the molecule is CC(=O)Nc1nc(C2CCCN2c2ncccn2)cs1. The van der Waals surface area contributed by atoms with Crippen LogP contribution in [-0.4, -0.2) is 27.4 Å². The first kappa shape index (κ1) is 13.0. The second-order valence-electron chi connectivity index (χ2n) is 4.66. The van der Waals surface area contributed by atoms with Gasteiger partial charge in [0, 0.05) is 31.2 Å². The minimum Gasteiger partial charge on any atom is -0.332 e. The Morgan fingerprint density at radius 1 is 1.45 bits per heavy atom. The van der Waals surface area contributed by atoms with Gasteiger partial charge in [0.1, 0.15) is 0 Å². The van der Waals surface area contributed by atoms with Crippen molar-refractivity contribution in [1.82, 2.24) is 15.0 Å². The summed E-state index contributed by atoms with van der Waals surface area (Å²) in [4.78, 5) is 26.4. The van der Waals surface area contributed by atoms with E-state index in [1.54, 1.807) is 12.4 Å². The van der Waals surface area contributed by atoms with Crippen LogP contribution in [0.25, 0.3) is 0 Å². The van der Waals surface area contributed by atoms with E-state index in [2.05, 4.69) is 25.2 Å². The third-order valence-electron chi connectivity index (χ3n) is 3.21. The summed E-state index contributed by atoms with van der Waals surface area (Å²) in [7, 11) is 0. The molecule has 1 amide bonds. The Bertz CT molecular complexity index is 600. The Kier molecular flexibility index (Phi) is 3.60. The molecule has 0 radical (unpaired) electrons. The van der Waals surface area contributed by atoms with Gasteiger partial charge in [0.25, 0.3) is 0 Å². The van der Waals surface area contributed by atoms with Crippen molar-refractivity contribution in [3.8, 4) is 0 Å². The van der Waals surface area contributed by atoms with Crippen LogP contribution < -0.4 is 10.2 Å². The van der Waals surface area contributed by atoms with Gasteiger partial charge in [-0.1, -0.05) is 0 Å². The number of rotatable bonds is 3. The van der Waals surface area contributed by atoms with E-state index < -0.39 is 0 Å². The summed E-state index contributed by atoms with van der Waals surface area (Å²) in [5.41, 5.74) is 0.976. The van der Waals surface area contributed by atoms with Crippen LogP contribution in [0.4, 0.5) is 11.1 Å². The smallest absolute Gasteiger partial charge is 0.225 e. The van der Waals surface area contributed by atoms with Crippen molar-refractivity contribution in [3.05, 3.63) is 29.5 Å². The first-order chi connectivity index (χ1) is 9.74. The second kappa shape index (κ2) is 5.54. The zero-order valence-corrected chi connectivity index (χ0v) is 11.9. The van der Waals surface area contributed by atoms with Gasteiger partial charge in [0.2, 0.25) is 11.9 Å². The van der Waals surface area contributed by atoms with E-state index in [1.165, 1.54) is 18.3 Å². The number of hydrogen-bond donors (Lipinski definition) is 1. The quantitative estimate of drug-likeness (QED) is 0.938. The van der Waals surface area contributed by atoms with Crippen molar-refractivity contribution in [2.45, 2.75) is 25.8 Å². The van der Waals surface area contributed by atoms with Crippen LogP contribution in [0.2, 0.25) is 0 Å². The Hall–Kier alpha value is -2.02. The van der Waals surface area contributed by atoms with Crippen LogP contribution in [0.15, 0.2) is 23.8 Å². The van der Waals surface area contributed by atoms with Crippen LogP contribution in [0.5, 0.6) is 0 Å². The number of carbonyl (C=O) groups excluding carboxylic acids is 1. The van der Waals surface area contributed by atoms with Crippen molar-refractivity contribution >= 4 is 28.3 Å². The van der Waals surface area contributed by atoms with Crippen molar-refractivity contribution in [1.29, 1.82) is 0 Å². The number of hydrogen-bond acceptors (Lipinski definition) is 6. The van der Waals surface area contributed by atoms with Gasteiger partial charge >= 0.3 is 0 Å². The molecule has 0 bridgehead atoms. The highest BCUT2D eigenvalue weighted by Crippen LogP contribution is 2.35. The zero-order chi connectivity index (χ0) is 13.9. The first-order valence-electron chi connectivity index (χ1n) is 6.51. The summed E-state index contributed by atoms with van der Waals surface area (Å²) in [5, 5.41) is 5.37. The predicted octanol–water partition coefficient (Wildman–Crippen LogP) is 2.23. The number of carbonyl (C=O) groups is 1. The molecule has 0 saturated carbocycles. The number of anilines is 2. The lowest BCUT2D eigenvalue weighted by Crippen LogP contribution is -2.24. The Balaban J connectivity index is 1.82. The molecule has 3 rings (SSSR count). The molecule has 0 aliphatic carbocycles. The predicted molar refractivity (Wildman–Crippen MR) is 77.8 cm³/mol. The highest BCUT2D eigenvalue weighted by atomic mass is 32.1. The number of amides is 1. The van der Waals surface area contributed by atoms with Crippen molar-refractivity contribution in [3.63, 3.8) is 0 Å². The maximum Gasteiger partial charge on any atom is 0.225 e. The largest absolute Gasteiger partial charge is 0.332 e. The highest BCUT2D eigenvalue weighted by molar-refractivity contribution is 7.13. The lowest BCUT2D eigenvalue weighted by Gasteiger charge is -2.22. The molecule has 1 saturated heterocycles. The normalized spacial score (nSPS) is 18.2. The molecule has 20 heavy (non-hydrogen) atoms. The Labute approximate surface area is 120 Å². The zero-order valence-electron chi connectivity index (χ0n) is 11.1. The molecule has 1 N–H and O–H groups in total. The average Bonchev–Trinajstić information content (AvgIpc) is 3.07. The number of nitrogens with one attached hydrogen (secondary N) is 1. The summed E-state index contributed by atoms with van der Waals surface area (Å²) in [6, 6.07) is 2.00. The summed E-state index contributed by atoms with van der Waals surface area (Å²) >= 11 is 1.45. The van der Waals surface area contributed by atoms with E-state index in [-0.39, 0.29) is 11.9 Å². The molecule has 1 aliphatic heterocycles. The molecule has 0 spiro atoms. The van der Waals surface area contributed by atoms with Crippen molar-refractivity contribution < 1.29 is 4.79 Å². The van der Waals surface area contributed by atoms with Gasteiger partial charge in [0.15, 0.2) is 5.13 Å². The molecule has 3 heterocycles. The van der Waals surface area contributed by atoms with E-state index in [1.807, 2.05) is 11.4 Å². The second-order valence-corrected chi connectivity index (χ2v) is 5.52. The van der Waals surface area contributed by atoms with Gasteiger partial charge in [-0.15, -0.1) is 11.3 Å². The fraction of sp³-hybridized carbons (Fsp3) is 0.385. The monoisotopic (exact) mass is 289 g/mol. The summed E-state index contributed by atoms with van der Waals surface area (Å²) in [6.45, 7) is 2.42. The van der Waals surface area contributed by atoms with E-state index in [0.29, 0.717) is 5.13 Å². The lowest BCUT2D eigenvalue weighted by molar-refractivity contribution is -0.114. The third-order valence-corrected chi connectivity index (χ3v) is 3.98. The Morgan fingerprint density at radius 2 is 2.25 bits per heavy atom. The van der Waals surface area contributed by atoms with Gasteiger partial charge < -0.3 is 10.2 Å². The molecule has 1 atom stereocenters. The molecule has 104 valence electrons. The van der Waals surface area contributed by atoms with Gasteiger partial charge in [-0.25, -0.2) is 15.0 Å². The van der Waals surface area contributed by atoms with Crippen LogP contribution >= 0.6 is 11.3 Å². The van der Waals surface area contributed by atoms with Crippen LogP contribution in [0.1, 0.15) is 31.5 Å². The number of nitrogens with zero attached hydrogens (tertiary/aromatic N) is 4. The molecule has 2 aromatic heterocycles. The summed E-state index contributed by atoms with van der Waals surface area (Å²) in [5.74, 6) is 0.643. The first-order valence-corrected chi connectivity index (χ1v) is 7.38. The van der Waals surface area contributed by atoms with Crippen molar-refractivity contribution in [2.75, 3.05) is 16.8 Å². The summed E-state index contributed by atoms with van der Waals surface area (Å²) in [6.07, 6.45) is 5.63. The standard InChI is InChI=1S/C13H15N5OS/c1-9(19)16-13-17-10(8-20-13)11-4-2-7-18(11)12-14-5-3-6-15-12/h3,5-6,8,11H,2,4,7H2,1H3,(H,16,17,19). The van der Waals surface area contributed by atoms with Gasteiger partial charge in [0.05, 0.1) is 11.7 Å². The molecule has 1 unspecified atom stereocenters. The van der Waals surface area contributed by atoms with E-state index in [9.17, 15) is 4.79 Å². The fourth-order valence-corrected chi connectivity index (χ4v) is 3.20. The molecule has 1 aliphatic rings. The molecule has 1 fully saturated rings. The lowest BCUT2D eigenvalue weighted by atomic mass is 10.2. The van der Waals surface area contributed by atoms with Crippen LogP contribution in [0, 0.1) is 0 Å². The maximum absolute atomic E-state index is 11.1. The number of thiazole rings is 1. The van der Waals surface area contributed by atoms with E-state index in [4.69, 9.17) is 0 Å².